The summed E-state index contributed by atoms with van der Waals surface area (Å²) in [7, 11) is -1.94. The largest absolute Gasteiger partial charge is 0.523 e. The van der Waals surface area contributed by atoms with Crippen molar-refractivity contribution in [2.45, 2.75) is 24.6 Å². The molecule has 1 atom stereocenters. The monoisotopic (exact) mass is 411 g/mol. The van der Waals surface area contributed by atoms with Crippen molar-refractivity contribution in [1.82, 2.24) is 4.90 Å². The van der Waals surface area contributed by atoms with Crippen LogP contribution in [-0.4, -0.2) is 39.0 Å². The molecule has 1 unspecified atom stereocenters. The molecule has 0 saturated heterocycles. The van der Waals surface area contributed by atoms with E-state index in [0.717, 1.165) is 16.3 Å². The van der Waals surface area contributed by atoms with E-state index in [-0.39, 0.29) is 6.42 Å². The lowest BCUT2D eigenvalue weighted by atomic mass is 9.87. The van der Waals surface area contributed by atoms with Crippen molar-refractivity contribution in [2.24, 2.45) is 0 Å². The Bertz CT molecular complexity index is 1040. The lowest BCUT2D eigenvalue weighted by Gasteiger charge is -2.26. The number of benzene rings is 2. The second-order valence-electron chi connectivity index (χ2n) is 6.83. The number of alkyl halides is 3. The highest BCUT2D eigenvalue weighted by molar-refractivity contribution is 7.87. The van der Waals surface area contributed by atoms with Gasteiger partial charge in [-0.05, 0) is 48.0 Å². The van der Waals surface area contributed by atoms with Gasteiger partial charge in [-0.25, -0.2) is 0 Å². The number of fused-ring (bicyclic) bond motifs is 1. The van der Waals surface area contributed by atoms with Crippen LogP contribution in [0.5, 0.6) is 0 Å². The number of allylic oxidation sites excluding steroid dienone is 2. The first-order chi connectivity index (χ1) is 13.1. The summed E-state index contributed by atoms with van der Waals surface area (Å²) in [4.78, 5) is 1.94. The Morgan fingerprint density at radius 3 is 2.54 bits per heavy atom. The Balaban J connectivity index is 2.15. The molecule has 0 aromatic heterocycles. The first-order valence-corrected chi connectivity index (χ1v) is 10.0. The second kappa shape index (κ2) is 7.69. The Morgan fingerprint density at radius 1 is 1.14 bits per heavy atom. The summed E-state index contributed by atoms with van der Waals surface area (Å²) < 4.78 is 66.5. The fraction of sp³-hybridized carbons (Fsp3) is 0.300. The molecule has 3 rings (SSSR count). The molecule has 0 spiro atoms. The molecule has 8 heteroatoms. The van der Waals surface area contributed by atoms with Gasteiger partial charge < -0.3 is 4.90 Å². The summed E-state index contributed by atoms with van der Waals surface area (Å²) in [5.74, 6) is 0. The average Bonchev–Trinajstić information content (AvgIpc) is 2.61. The van der Waals surface area contributed by atoms with Crippen LogP contribution >= 0.6 is 0 Å². The molecule has 0 saturated carbocycles. The highest BCUT2D eigenvalue weighted by Gasteiger charge is 2.49. The highest BCUT2D eigenvalue weighted by Crippen LogP contribution is 2.37. The molecule has 0 heterocycles. The molecular weight excluding hydrogens is 391 g/mol. The van der Waals surface area contributed by atoms with Gasteiger partial charge in [0.2, 0.25) is 0 Å². The third-order valence-electron chi connectivity index (χ3n) is 4.43. The van der Waals surface area contributed by atoms with E-state index in [1.165, 1.54) is 0 Å². The second-order valence-corrected chi connectivity index (χ2v) is 8.39. The number of halogens is 3. The maximum atomic E-state index is 12.9. The molecule has 0 radical (unpaired) electrons. The van der Waals surface area contributed by atoms with E-state index in [1.807, 2.05) is 55.4 Å². The summed E-state index contributed by atoms with van der Waals surface area (Å²) in [5, 5.41) is 1.74. The molecule has 1 aliphatic carbocycles. The van der Waals surface area contributed by atoms with E-state index in [4.69, 9.17) is 0 Å². The molecule has 0 fully saturated rings. The molecule has 0 amide bonds. The first kappa shape index (κ1) is 20.6. The third-order valence-corrected chi connectivity index (χ3v) is 5.48. The number of nitrogens with zero attached hydrogens (tertiary/aromatic N) is 1. The predicted octanol–water partition coefficient (Wildman–Crippen LogP) is 4.48. The van der Waals surface area contributed by atoms with Crippen LogP contribution in [0.4, 0.5) is 13.2 Å². The Kier molecular flexibility index (Phi) is 5.65. The van der Waals surface area contributed by atoms with Crippen molar-refractivity contribution in [2.75, 3.05) is 14.1 Å². The molecule has 2 aromatic carbocycles. The maximum Gasteiger partial charge on any atom is 0.523 e. The van der Waals surface area contributed by atoms with E-state index in [0.29, 0.717) is 17.7 Å². The van der Waals surface area contributed by atoms with Crippen LogP contribution in [0.1, 0.15) is 17.5 Å². The molecule has 28 heavy (non-hydrogen) atoms. The van der Waals surface area contributed by atoms with Gasteiger partial charge >= 0.3 is 15.6 Å². The van der Waals surface area contributed by atoms with Gasteiger partial charge in [-0.15, -0.1) is 0 Å². The lowest BCUT2D eigenvalue weighted by molar-refractivity contribution is -0.0556. The molecule has 0 N–H and O–H groups in total. The van der Waals surface area contributed by atoms with E-state index >= 15 is 0 Å². The number of rotatable bonds is 5. The summed E-state index contributed by atoms with van der Waals surface area (Å²) in [6.07, 6.45) is 3.71. The van der Waals surface area contributed by atoms with Crippen molar-refractivity contribution in [3.63, 3.8) is 0 Å². The SMILES string of the molecule is CN(C)Cc1ccc2ccccc2c1C1=CC=CCC1OS(=O)(=O)C(F)(F)F. The van der Waals surface area contributed by atoms with Crippen LogP contribution in [0.15, 0.2) is 54.6 Å². The Morgan fingerprint density at radius 2 is 1.86 bits per heavy atom. The minimum absolute atomic E-state index is 0.0335. The van der Waals surface area contributed by atoms with Gasteiger partial charge in [0.1, 0.15) is 6.10 Å². The quantitative estimate of drug-likeness (QED) is 0.538. The number of hydrogen-bond acceptors (Lipinski definition) is 4. The predicted molar refractivity (Wildman–Crippen MR) is 103 cm³/mol. The van der Waals surface area contributed by atoms with Crippen LogP contribution in [-0.2, 0) is 20.8 Å². The van der Waals surface area contributed by atoms with Crippen molar-refractivity contribution in [1.29, 1.82) is 0 Å². The smallest absolute Gasteiger partial charge is 0.305 e. The van der Waals surface area contributed by atoms with Gasteiger partial charge in [-0.3, -0.25) is 4.18 Å². The fourth-order valence-electron chi connectivity index (χ4n) is 3.28. The van der Waals surface area contributed by atoms with E-state index in [9.17, 15) is 21.6 Å². The minimum atomic E-state index is -5.71. The Hall–Kier alpha value is -2.16. The topological polar surface area (TPSA) is 46.6 Å². The summed E-state index contributed by atoms with van der Waals surface area (Å²) >= 11 is 0. The Labute approximate surface area is 162 Å². The molecular formula is C20H20F3NO3S. The fourth-order valence-corrected chi connectivity index (χ4v) is 3.88. The van der Waals surface area contributed by atoms with Gasteiger partial charge in [-0.1, -0.05) is 54.6 Å². The van der Waals surface area contributed by atoms with E-state index in [1.54, 1.807) is 18.2 Å². The van der Waals surface area contributed by atoms with Gasteiger partial charge in [-0.2, -0.15) is 21.6 Å². The zero-order valence-electron chi connectivity index (χ0n) is 15.4. The average molecular weight is 411 g/mol. The first-order valence-electron chi connectivity index (χ1n) is 8.62. The van der Waals surface area contributed by atoms with Crippen molar-refractivity contribution in [3.05, 3.63) is 65.8 Å². The third kappa shape index (κ3) is 4.14. The van der Waals surface area contributed by atoms with Crippen LogP contribution in [0.2, 0.25) is 0 Å². The van der Waals surface area contributed by atoms with Crippen LogP contribution in [0, 0.1) is 0 Å². The summed E-state index contributed by atoms with van der Waals surface area (Å²) in [6.45, 7) is 0.542. The molecule has 2 aromatic rings. The van der Waals surface area contributed by atoms with Crippen molar-refractivity contribution < 1.29 is 25.8 Å². The van der Waals surface area contributed by atoms with E-state index in [2.05, 4.69) is 4.18 Å². The lowest BCUT2D eigenvalue weighted by Crippen LogP contribution is -2.31. The summed E-state index contributed by atoms with van der Waals surface area (Å²) in [5.41, 5.74) is -3.46. The molecule has 1 aliphatic rings. The van der Waals surface area contributed by atoms with Crippen LogP contribution in [0.25, 0.3) is 16.3 Å². The molecule has 150 valence electrons. The van der Waals surface area contributed by atoms with Crippen LogP contribution in [0.3, 0.4) is 0 Å². The van der Waals surface area contributed by atoms with E-state index < -0.39 is 21.7 Å². The van der Waals surface area contributed by atoms with Gasteiger partial charge in [0, 0.05) is 6.54 Å². The van der Waals surface area contributed by atoms with Crippen molar-refractivity contribution >= 4 is 26.5 Å². The summed E-state index contributed by atoms with van der Waals surface area (Å²) in [6, 6.07) is 11.3. The van der Waals surface area contributed by atoms with Crippen molar-refractivity contribution in [3.8, 4) is 0 Å². The van der Waals surface area contributed by atoms with Crippen LogP contribution < -0.4 is 0 Å². The van der Waals surface area contributed by atoms with Gasteiger partial charge in [0.05, 0.1) is 0 Å². The zero-order chi connectivity index (χ0) is 20.5. The highest BCUT2D eigenvalue weighted by atomic mass is 32.2. The van der Waals surface area contributed by atoms with Gasteiger partial charge in [0.25, 0.3) is 0 Å². The molecule has 4 nitrogen and oxygen atoms in total. The normalized spacial score (nSPS) is 17.9. The molecule has 0 aliphatic heterocycles. The molecule has 0 bridgehead atoms. The number of hydrogen-bond donors (Lipinski definition) is 0. The van der Waals surface area contributed by atoms with Gasteiger partial charge in [0.15, 0.2) is 0 Å². The minimum Gasteiger partial charge on any atom is -0.305 e. The zero-order valence-corrected chi connectivity index (χ0v) is 16.2. The standard InChI is InChI=1S/C20H20F3NO3S/c1-24(2)13-15-12-11-14-7-3-4-8-16(14)19(15)17-9-5-6-10-18(17)27-28(25,26)20(21,22)23/h3-9,11-12,18H,10,13H2,1-2H3. The maximum absolute atomic E-state index is 12.9.